The number of benzene rings is 1. The molecular weight excluding hydrogens is 327 g/mol. The van der Waals surface area contributed by atoms with Crippen molar-refractivity contribution in [3.8, 4) is 0 Å². The van der Waals surface area contributed by atoms with Crippen molar-refractivity contribution in [1.29, 1.82) is 0 Å². The monoisotopic (exact) mass is 350 g/mol. The molecule has 25 heavy (non-hydrogen) atoms. The van der Waals surface area contributed by atoms with Crippen molar-refractivity contribution in [3.63, 3.8) is 0 Å². The van der Waals surface area contributed by atoms with Crippen molar-refractivity contribution in [1.82, 2.24) is 10.6 Å². The first-order valence-corrected chi connectivity index (χ1v) is 7.99. The molecule has 136 valence electrons. The van der Waals surface area contributed by atoms with Crippen LogP contribution >= 0.6 is 0 Å². The predicted octanol–water partition coefficient (Wildman–Crippen LogP) is 1.80. The lowest BCUT2D eigenvalue weighted by Gasteiger charge is -2.21. The number of unbranched alkanes of at least 4 members (excludes halogenated alkanes) is 1. The largest absolute Gasteiger partial charge is 0.480 e. The lowest BCUT2D eigenvalue weighted by Crippen LogP contribution is -2.52. The van der Waals surface area contributed by atoms with Crippen molar-refractivity contribution in [2.75, 3.05) is 0 Å². The third kappa shape index (κ3) is 7.60. The molecule has 0 aromatic heterocycles. The minimum Gasteiger partial charge on any atom is -0.480 e. The highest BCUT2D eigenvalue weighted by atomic mass is 19.1. The van der Waals surface area contributed by atoms with E-state index in [2.05, 4.69) is 17.2 Å². The van der Waals surface area contributed by atoms with Crippen LogP contribution in [0, 0.1) is 5.82 Å². The highest BCUT2D eigenvalue weighted by Crippen LogP contribution is 2.08. The number of carbonyl (C=O) groups excluding carboxylic acids is 2. The van der Waals surface area contributed by atoms with Gasteiger partial charge in [0.05, 0.1) is 0 Å². The minimum atomic E-state index is -1.15. The lowest BCUT2D eigenvalue weighted by molar-refractivity contribution is -0.142. The molecule has 0 spiro atoms. The van der Waals surface area contributed by atoms with E-state index in [1.54, 1.807) is 12.1 Å². The van der Waals surface area contributed by atoms with E-state index >= 15 is 0 Å². The minimum absolute atomic E-state index is 0.0577. The zero-order chi connectivity index (χ0) is 18.8. The molecule has 0 heterocycles. The standard InChI is InChI=1S/C18H23FN2O4/c1-3-4-5-9-15(18(24)25)21-17(23)16(20-12(2)22)11-13-7-6-8-14(19)10-13/h3,6-8,10,15-16H,1,4-5,9,11H2,2H3,(H,20,22)(H,21,23)(H,24,25)/t15-,16-/m1/s1. The molecule has 1 aromatic carbocycles. The van der Waals surface area contributed by atoms with Crippen molar-refractivity contribution < 1.29 is 23.9 Å². The summed E-state index contributed by atoms with van der Waals surface area (Å²) in [7, 11) is 0. The SMILES string of the molecule is C=CCCC[C@@H](NC(=O)[C@@H](Cc1cccc(F)c1)NC(C)=O)C(=O)O. The van der Waals surface area contributed by atoms with Crippen LogP contribution in [0.2, 0.25) is 0 Å². The highest BCUT2D eigenvalue weighted by molar-refractivity contribution is 5.90. The van der Waals surface area contributed by atoms with E-state index in [-0.39, 0.29) is 12.8 Å². The summed E-state index contributed by atoms with van der Waals surface area (Å²) < 4.78 is 13.3. The first-order chi connectivity index (χ1) is 11.8. The maximum absolute atomic E-state index is 13.3. The van der Waals surface area contributed by atoms with Gasteiger partial charge in [-0.05, 0) is 37.0 Å². The van der Waals surface area contributed by atoms with Gasteiger partial charge in [0.1, 0.15) is 17.9 Å². The van der Waals surface area contributed by atoms with E-state index in [1.807, 2.05) is 0 Å². The van der Waals surface area contributed by atoms with Crippen LogP contribution in [0.1, 0.15) is 31.7 Å². The zero-order valence-electron chi connectivity index (χ0n) is 14.1. The van der Waals surface area contributed by atoms with Gasteiger partial charge in [-0.1, -0.05) is 18.2 Å². The van der Waals surface area contributed by atoms with Gasteiger partial charge in [0.2, 0.25) is 11.8 Å². The van der Waals surface area contributed by atoms with Crippen LogP contribution in [0.15, 0.2) is 36.9 Å². The van der Waals surface area contributed by atoms with Gasteiger partial charge in [0, 0.05) is 13.3 Å². The molecule has 0 radical (unpaired) electrons. The van der Waals surface area contributed by atoms with Crippen LogP contribution in [0.5, 0.6) is 0 Å². The van der Waals surface area contributed by atoms with Crippen molar-refractivity contribution in [2.45, 2.75) is 44.7 Å². The molecule has 3 N–H and O–H groups in total. The molecule has 0 saturated carbocycles. The molecule has 2 atom stereocenters. The summed E-state index contributed by atoms with van der Waals surface area (Å²) in [4.78, 5) is 35.1. The summed E-state index contributed by atoms with van der Waals surface area (Å²) in [6, 6.07) is 3.63. The van der Waals surface area contributed by atoms with Crippen LogP contribution in [-0.4, -0.2) is 35.0 Å². The molecule has 6 nitrogen and oxygen atoms in total. The molecule has 0 fully saturated rings. The van der Waals surface area contributed by atoms with Gasteiger partial charge < -0.3 is 15.7 Å². The Labute approximate surface area is 146 Å². The van der Waals surface area contributed by atoms with E-state index in [1.165, 1.54) is 25.1 Å². The van der Waals surface area contributed by atoms with Crippen LogP contribution in [-0.2, 0) is 20.8 Å². The lowest BCUT2D eigenvalue weighted by atomic mass is 10.0. The predicted molar refractivity (Wildman–Crippen MR) is 91.3 cm³/mol. The molecule has 1 rings (SSSR count). The first kappa shape index (κ1) is 20.3. The molecule has 1 aromatic rings. The van der Waals surface area contributed by atoms with Gasteiger partial charge in [0.15, 0.2) is 0 Å². The molecule has 0 bridgehead atoms. The smallest absolute Gasteiger partial charge is 0.326 e. The third-order valence-corrected chi connectivity index (χ3v) is 3.54. The number of hydrogen-bond acceptors (Lipinski definition) is 3. The normalized spacial score (nSPS) is 12.7. The Hall–Kier alpha value is -2.70. The van der Waals surface area contributed by atoms with Gasteiger partial charge in [-0.25, -0.2) is 9.18 Å². The van der Waals surface area contributed by atoms with Gasteiger partial charge in [0.25, 0.3) is 0 Å². The Morgan fingerprint density at radius 2 is 2.00 bits per heavy atom. The van der Waals surface area contributed by atoms with Gasteiger partial charge in [-0.2, -0.15) is 0 Å². The Bertz CT molecular complexity index is 633. The van der Waals surface area contributed by atoms with Crippen LogP contribution in [0.25, 0.3) is 0 Å². The molecular formula is C18H23FN2O4. The fourth-order valence-corrected chi connectivity index (χ4v) is 2.35. The van der Waals surface area contributed by atoms with Crippen molar-refractivity contribution in [2.24, 2.45) is 0 Å². The number of aliphatic carboxylic acids is 1. The van der Waals surface area contributed by atoms with Crippen molar-refractivity contribution in [3.05, 3.63) is 48.3 Å². The van der Waals surface area contributed by atoms with E-state index in [0.717, 1.165) is 0 Å². The molecule has 0 saturated heterocycles. The van der Waals surface area contributed by atoms with Crippen molar-refractivity contribution >= 4 is 17.8 Å². The second kappa shape index (κ2) is 10.2. The maximum Gasteiger partial charge on any atom is 0.326 e. The number of halogens is 1. The number of allylic oxidation sites excluding steroid dienone is 1. The van der Waals surface area contributed by atoms with Crippen LogP contribution in [0.4, 0.5) is 4.39 Å². The quantitative estimate of drug-likeness (QED) is 0.443. The van der Waals surface area contributed by atoms with E-state index in [9.17, 15) is 23.9 Å². The van der Waals surface area contributed by atoms with Crippen LogP contribution in [0.3, 0.4) is 0 Å². The molecule has 7 heteroatoms. The molecule has 0 unspecified atom stereocenters. The van der Waals surface area contributed by atoms with E-state index < -0.39 is 35.7 Å². The number of carboxylic acid groups (broad SMARTS) is 1. The Balaban J connectivity index is 2.81. The Morgan fingerprint density at radius 1 is 1.28 bits per heavy atom. The number of rotatable bonds is 10. The second-order valence-electron chi connectivity index (χ2n) is 5.71. The number of amides is 2. The highest BCUT2D eigenvalue weighted by Gasteiger charge is 2.25. The summed E-state index contributed by atoms with van der Waals surface area (Å²) in [6.45, 7) is 4.82. The summed E-state index contributed by atoms with van der Waals surface area (Å²) in [5.74, 6) is -2.65. The number of nitrogens with one attached hydrogen (secondary N) is 2. The van der Waals surface area contributed by atoms with Gasteiger partial charge in [-0.15, -0.1) is 6.58 Å². The number of carboxylic acids is 1. The fourth-order valence-electron chi connectivity index (χ4n) is 2.35. The van der Waals surface area contributed by atoms with Gasteiger partial charge in [-0.3, -0.25) is 9.59 Å². The van der Waals surface area contributed by atoms with Crippen LogP contribution < -0.4 is 10.6 Å². The third-order valence-electron chi connectivity index (χ3n) is 3.54. The molecule has 0 aliphatic heterocycles. The Kier molecular flexibility index (Phi) is 8.32. The number of hydrogen-bond donors (Lipinski definition) is 3. The first-order valence-electron chi connectivity index (χ1n) is 7.99. The maximum atomic E-state index is 13.3. The number of carbonyl (C=O) groups is 3. The van der Waals surface area contributed by atoms with E-state index in [4.69, 9.17) is 0 Å². The second-order valence-corrected chi connectivity index (χ2v) is 5.71. The average molecular weight is 350 g/mol. The molecule has 0 aliphatic carbocycles. The summed E-state index contributed by atoms with van der Waals surface area (Å²) >= 11 is 0. The summed E-state index contributed by atoms with van der Waals surface area (Å²) in [5.41, 5.74) is 0.521. The topological polar surface area (TPSA) is 95.5 Å². The summed E-state index contributed by atoms with van der Waals surface area (Å²) in [6.07, 6.45) is 3.18. The fraction of sp³-hybridized carbons (Fsp3) is 0.389. The molecule has 2 amide bonds. The zero-order valence-corrected chi connectivity index (χ0v) is 14.1. The molecule has 0 aliphatic rings. The van der Waals surface area contributed by atoms with Gasteiger partial charge >= 0.3 is 5.97 Å². The average Bonchev–Trinajstić information content (AvgIpc) is 2.52. The van der Waals surface area contributed by atoms with E-state index in [0.29, 0.717) is 18.4 Å². The summed E-state index contributed by atoms with van der Waals surface area (Å²) in [5, 5.41) is 14.1. The Morgan fingerprint density at radius 3 is 2.56 bits per heavy atom.